The predicted octanol–water partition coefficient (Wildman–Crippen LogP) is 2.21. The van der Waals surface area contributed by atoms with Gasteiger partial charge >= 0.3 is 0 Å². The van der Waals surface area contributed by atoms with E-state index in [1.807, 2.05) is 18.2 Å². The van der Waals surface area contributed by atoms with Crippen LogP contribution in [-0.2, 0) is 22.7 Å². The summed E-state index contributed by atoms with van der Waals surface area (Å²) in [6.07, 6.45) is 2.79. The third-order valence-corrected chi connectivity index (χ3v) is 6.86. The number of carbonyl (C=O) groups is 3. The van der Waals surface area contributed by atoms with Gasteiger partial charge in [-0.15, -0.1) is 0 Å². The van der Waals surface area contributed by atoms with Gasteiger partial charge in [0.05, 0.1) is 0 Å². The molecule has 3 aliphatic heterocycles. The number of carbonyl (C=O) groups excluding carboxylic acids is 3. The highest BCUT2D eigenvalue weighted by atomic mass is 16.2. The maximum Gasteiger partial charge on any atom is 0.255 e. The van der Waals surface area contributed by atoms with Gasteiger partial charge < -0.3 is 15.1 Å². The van der Waals surface area contributed by atoms with Gasteiger partial charge in [0.15, 0.2) is 0 Å². The summed E-state index contributed by atoms with van der Waals surface area (Å²) in [4.78, 5) is 41.2. The number of hydrogen-bond donors (Lipinski definition) is 2. The van der Waals surface area contributed by atoms with Crippen LogP contribution in [0, 0.1) is 0 Å². The van der Waals surface area contributed by atoms with E-state index in [-0.39, 0.29) is 24.1 Å². The summed E-state index contributed by atoms with van der Waals surface area (Å²) in [6, 6.07) is 16.2. The van der Waals surface area contributed by atoms with E-state index in [4.69, 9.17) is 0 Å². The Labute approximate surface area is 187 Å². The van der Waals surface area contributed by atoms with Crippen LogP contribution in [0.4, 0.5) is 5.69 Å². The molecule has 3 aliphatic rings. The van der Waals surface area contributed by atoms with Gasteiger partial charge in [-0.25, -0.2) is 0 Å². The van der Waals surface area contributed by atoms with Crippen molar-refractivity contribution in [2.24, 2.45) is 0 Å². The van der Waals surface area contributed by atoms with Gasteiger partial charge in [-0.05, 0) is 61.7 Å². The molecular weight excluding hydrogens is 404 g/mol. The molecule has 2 fully saturated rings. The molecule has 7 heteroatoms. The third-order valence-electron chi connectivity index (χ3n) is 6.86. The molecule has 0 saturated carbocycles. The molecular formula is C25H28N4O3. The van der Waals surface area contributed by atoms with E-state index in [0.717, 1.165) is 37.1 Å². The molecule has 1 unspecified atom stereocenters. The highest BCUT2D eigenvalue weighted by molar-refractivity contribution is 6.05. The Hall–Kier alpha value is -3.19. The predicted molar refractivity (Wildman–Crippen MR) is 121 cm³/mol. The van der Waals surface area contributed by atoms with Crippen LogP contribution in [0.2, 0.25) is 0 Å². The smallest absolute Gasteiger partial charge is 0.255 e. The van der Waals surface area contributed by atoms with Gasteiger partial charge in [-0.1, -0.05) is 30.3 Å². The molecule has 5 rings (SSSR count). The number of imide groups is 1. The lowest BCUT2D eigenvalue weighted by Crippen LogP contribution is -2.52. The first-order valence-corrected chi connectivity index (χ1v) is 11.4. The SMILES string of the molecule is O=C1CCC(N2Cc3c(CN(c4ccccc4)C4CCNCC4)cccc3C2=O)C(=O)N1. The minimum atomic E-state index is -0.588. The van der Waals surface area contributed by atoms with E-state index in [1.54, 1.807) is 4.90 Å². The van der Waals surface area contributed by atoms with Crippen molar-refractivity contribution in [3.8, 4) is 0 Å². The van der Waals surface area contributed by atoms with Crippen molar-refractivity contribution in [2.45, 2.75) is 50.9 Å². The zero-order valence-corrected chi connectivity index (χ0v) is 18.0. The van der Waals surface area contributed by atoms with Gasteiger partial charge in [0.1, 0.15) is 6.04 Å². The maximum absolute atomic E-state index is 13.2. The summed E-state index contributed by atoms with van der Waals surface area (Å²) < 4.78 is 0. The number of piperidine rings is 2. The average molecular weight is 433 g/mol. The monoisotopic (exact) mass is 432 g/mol. The highest BCUT2D eigenvalue weighted by Gasteiger charge is 2.40. The number of benzene rings is 2. The number of rotatable bonds is 5. The quantitative estimate of drug-likeness (QED) is 0.708. The molecule has 3 amide bonds. The van der Waals surface area contributed by atoms with Crippen LogP contribution in [0.5, 0.6) is 0 Å². The number of nitrogens with zero attached hydrogens (tertiary/aromatic N) is 2. The Balaban J connectivity index is 1.43. The van der Waals surface area contributed by atoms with E-state index >= 15 is 0 Å². The first kappa shape index (κ1) is 20.7. The second kappa shape index (κ2) is 8.74. The topological polar surface area (TPSA) is 81.8 Å². The summed E-state index contributed by atoms with van der Waals surface area (Å²) in [7, 11) is 0. The minimum Gasteiger partial charge on any atom is -0.364 e. The van der Waals surface area contributed by atoms with Crippen molar-refractivity contribution in [1.29, 1.82) is 0 Å². The number of para-hydroxylation sites is 1. The molecule has 2 saturated heterocycles. The van der Waals surface area contributed by atoms with E-state index < -0.39 is 6.04 Å². The summed E-state index contributed by atoms with van der Waals surface area (Å²) >= 11 is 0. The Bertz CT molecular complexity index is 1030. The maximum atomic E-state index is 13.2. The first-order valence-electron chi connectivity index (χ1n) is 11.4. The Morgan fingerprint density at radius 1 is 0.938 bits per heavy atom. The van der Waals surface area contributed by atoms with Crippen LogP contribution >= 0.6 is 0 Å². The molecule has 166 valence electrons. The third kappa shape index (κ3) is 3.88. The van der Waals surface area contributed by atoms with Crippen molar-refractivity contribution in [1.82, 2.24) is 15.5 Å². The van der Waals surface area contributed by atoms with Crippen molar-refractivity contribution >= 4 is 23.4 Å². The van der Waals surface area contributed by atoms with Gasteiger partial charge in [0.2, 0.25) is 11.8 Å². The van der Waals surface area contributed by atoms with Crippen LogP contribution in [0.25, 0.3) is 0 Å². The van der Waals surface area contributed by atoms with E-state index in [1.165, 1.54) is 5.69 Å². The lowest BCUT2D eigenvalue weighted by molar-refractivity contribution is -0.136. The number of fused-ring (bicyclic) bond motifs is 1. The number of nitrogens with one attached hydrogen (secondary N) is 2. The Morgan fingerprint density at radius 3 is 2.47 bits per heavy atom. The summed E-state index contributed by atoms with van der Waals surface area (Å²) in [5.41, 5.74) is 3.97. The molecule has 7 nitrogen and oxygen atoms in total. The Morgan fingerprint density at radius 2 is 1.72 bits per heavy atom. The standard InChI is InChI=1S/C25H28N4O3/c30-23-10-9-22(24(31)27-23)29-16-21-17(5-4-8-20(21)25(29)32)15-28(18-6-2-1-3-7-18)19-11-13-26-14-12-19/h1-8,19,22,26H,9-16H2,(H,27,30,31). The molecule has 32 heavy (non-hydrogen) atoms. The lowest BCUT2D eigenvalue weighted by Gasteiger charge is -2.37. The molecule has 2 N–H and O–H groups in total. The van der Waals surface area contributed by atoms with Gasteiger partial charge in [-0.3, -0.25) is 19.7 Å². The second-order valence-electron chi connectivity index (χ2n) is 8.79. The fourth-order valence-corrected chi connectivity index (χ4v) is 5.15. The number of amides is 3. The zero-order valence-electron chi connectivity index (χ0n) is 18.0. The van der Waals surface area contributed by atoms with Crippen LogP contribution in [0.15, 0.2) is 48.5 Å². The Kier molecular flexibility index (Phi) is 5.66. The van der Waals surface area contributed by atoms with Crippen molar-refractivity contribution < 1.29 is 14.4 Å². The molecule has 3 heterocycles. The number of anilines is 1. The molecule has 2 aromatic rings. The first-order chi connectivity index (χ1) is 15.6. The second-order valence-corrected chi connectivity index (χ2v) is 8.79. The molecule has 0 bridgehead atoms. The van der Waals surface area contributed by atoms with Crippen molar-refractivity contribution in [3.63, 3.8) is 0 Å². The molecule has 0 radical (unpaired) electrons. The van der Waals surface area contributed by atoms with E-state index in [9.17, 15) is 14.4 Å². The van der Waals surface area contributed by atoms with Gasteiger partial charge in [0.25, 0.3) is 5.91 Å². The molecule has 2 aromatic carbocycles. The van der Waals surface area contributed by atoms with E-state index in [2.05, 4.69) is 45.9 Å². The van der Waals surface area contributed by atoms with Crippen LogP contribution in [0.1, 0.15) is 47.2 Å². The summed E-state index contributed by atoms with van der Waals surface area (Å²) in [5, 5.41) is 5.82. The summed E-state index contributed by atoms with van der Waals surface area (Å²) in [5.74, 6) is -0.759. The van der Waals surface area contributed by atoms with Crippen molar-refractivity contribution in [3.05, 3.63) is 65.2 Å². The minimum absolute atomic E-state index is 0.121. The lowest BCUT2D eigenvalue weighted by atomic mass is 9.99. The molecule has 1 atom stereocenters. The average Bonchev–Trinajstić information content (AvgIpc) is 3.15. The van der Waals surface area contributed by atoms with Crippen LogP contribution < -0.4 is 15.5 Å². The normalized spacial score (nSPS) is 21.4. The molecule has 0 spiro atoms. The van der Waals surface area contributed by atoms with Gasteiger partial charge in [0, 0.05) is 36.8 Å². The van der Waals surface area contributed by atoms with Gasteiger partial charge in [-0.2, -0.15) is 0 Å². The van der Waals surface area contributed by atoms with Crippen LogP contribution in [-0.4, -0.2) is 47.8 Å². The van der Waals surface area contributed by atoms with Crippen LogP contribution in [0.3, 0.4) is 0 Å². The highest BCUT2D eigenvalue weighted by Crippen LogP contribution is 2.32. The van der Waals surface area contributed by atoms with E-state index in [0.29, 0.717) is 31.1 Å². The molecule has 0 aromatic heterocycles. The largest absolute Gasteiger partial charge is 0.364 e. The molecule has 0 aliphatic carbocycles. The summed E-state index contributed by atoms with van der Waals surface area (Å²) in [6.45, 7) is 3.13. The fraction of sp³-hybridized carbons (Fsp3) is 0.400. The van der Waals surface area contributed by atoms with Crippen molar-refractivity contribution in [2.75, 3.05) is 18.0 Å². The zero-order chi connectivity index (χ0) is 22.1. The fourth-order valence-electron chi connectivity index (χ4n) is 5.15. The number of hydrogen-bond acceptors (Lipinski definition) is 5.